The van der Waals surface area contributed by atoms with Crippen LogP contribution in [-0.4, -0.2) is 29.9 Å². The minimum atomic E-state index is 0.0509. The Balaban J connectivity index is 1.66. The van der Waals surface area contributed by atoms with Crippen LogP contribution in [0.2, 0.25) is 0 Å². The van der Waals surface area contributed by atoms with Gasteiger partial charge in [-0.25, -0.2) is 0 Å². The van der Waals surface area contributed by atoms with Gasteiger partial charge in [-0.1, -0.05) is 42.0 Å². The van der Waals surface area contributed by atoms with Gasteiger partial charge in [0.15, 0.2) is 0 Å². The highest BCUT2D eigenvalue weighted by Crippen LogP contribution is 2.39. The molecule has 4 nitrogen and oxygen atoms in total. The minimum Gasteiger partial charge on any atom is -0.337 e. The van der Waals surface area contributed by atoms with Gasteiger partial charge in [0.05, 0.1) is 17.2 Å². The van der Waals surface area contributed by atoms with Crippen molar-refractivity contribution in [1.29, 1.82) is 5.26 Å². The van der Waals surface area contributed by atoms with E-state index >= 15 is 0 Å². The molecule has 3 aromatic carbocycles. The maximum absolute atomic E-state index is 13.4. The van der Waals surface area contributed by atoms with Crippen molar-refractivity contribution in [1.82, 2.24) is 4.90 Å². The fraction of sp³-hybridized carbons (Fsp3) is 0.214. The number of piperidine rings is 1. The maximum Gasteiger partial charge on any atom is 0.255 e. The smallest absolute Gasteiger partial charge is 0.255 e. The average molecular weight is 452 g/mol. The van der Waals surface area contributed by atoms with E-state index in [-0.39, 0.29) is 11.9 Å². The van der Waals surface area contributed by atoms with E-state index in [1.807, 2.05) is 34.5 Å². The number of hydrogen-bond acceptors (Lipinski definition) is 4. The van der Waals surface area contributed by atoms with E-state index in [1.54, 1.807) is 11.3 Å². The molecule has 1 saturated heterocycles. The number of carbonyl (C=O) groups excluding carboxylic acids is 1. The zero-order chi connectivity index (χ0) is 22.9. The number of rotatable bonds is 3. The van der Waals surface area contributed by atoms with E-state index in [0.29, 0.717) is 12.1 Å². The van der Waals surface area contributed by atoms with Gasteiger partial charge in [-0.2, -0.15) is 5.26 Å². The molecule has 1 aliphatic heterocycles. The van der Waals surface area contributed by atoms with Gasteiger partial charge in [0.25, 0.3) is 5.91 Å². The maximum atomic E-state index is 13.4. The molecule has 1 fully saturated rings. The monoisotopic (exact) mass is 451 g/mol. The number of nitrogens with two attached hydrogens (primary N) is 1. The number of nitriles is 1. The van der Waals surface area contributed by atoms with E-state index in [0.717, 1.165) is 57.3 Å². The van der Waals surface area contributed by atoms with Gasteiger partial charge >= 0.3 is 0 Å². The number of aryl methyl sites for hydroxylation is 1. The first kappa shape index (κ1) is 21.4. The molecule has 0 radical (unpaired) electrons. The standard InChI is InChI=1S/C28H25N3OS/c1-18-4-8-20(9-5-18)24-14-27-25(13-23(24)21-10-6-19(15-29)7-11-21)26(17-33-27)28(32)31-12-2-3-22(30)16-31/h4-11,13-14,17,22H,2-3,12,16,30H2,1H3/t22-/m0/s1. The van der Waals surface area contributed by atoms with E-state index < -0.39 is 0 Å². The van der Waals surface area contributed by atoms with Gasteiger partial charge in [0.1, 0.15) is 0 Å². The summed E-state index contributed by atoms with van der Waals surface area (Å²) in [6.07, 6.45) is 1.92. The summed E-state index contributed by atoms with van der Waals surface area (Å²) >= 11 is 1.61. The van der Waals surface area contributed by atoms with E-state index in [9.17, 15) is 10.1 Å². The molecule has 1 aromatic heterocycles. The van der Waals surface area contributed by atoms with Crippen molar-refractivity contribution in [2.45, 2.75) is 25.8 Å². The van der Waals surface area contributed by atoms with Crippen molar-refractivity contribution in [2.24, 2.45) is 5.73 Å². The van der Waals surface area contributed by atoms with Crippen molar-refractivity contribution in [2.75, 3.05) is 13.1 Å². The van der Waals surface area contributed by atoms with Crippen molar-refractivity contribution < 1.29 is 4.79 Å². The van der Waals surface area contributed by atoms with Crippen LogP contribution in [0.25, 0.3) is 32.3 Å². The molecular formula is C28H25N3OS. The van der Waals surface area contributed by atoms with Gasteiger partial charge in [0, 0.05) is 34.6 Å². The van der Waals surface area contributed by atoms with Crippen LogP contribution >= 0.6 is 11.3 Å². The van der Waals surface area contributed by atoms with E-state index in [2.05, 4.69) is 49.4 Å². The zero-order valence-corrected chi connectivity index (χ0v) is 19.4. The molecule has 0 spiro atoms. The second-order valence-corrected chi connectivity index (χ2v) is 9.66. The lowest BCUT2D eigenvalue weighted by atomic mass is 9.92. The Morgan fingerprint density at radius 2 is 1.73 bits per heavy atom. The first-order chi connectivity index (χ1) is 16.0. The third-order valence-electron chi connectivity index (χ3n) is 6.38. The van der Waals surface area contributed by atoms with Gasteiger partial charge in [-0.15, -0.1) is 11.3 Å². The van der Waals surface area contributed by atoms with Gasteiger partial charge < -0.3 is 10.6 Å². The molecule has 2 heterocycles. The Morgan fingerprint density at radius 1 is 1.06 bits per heavy atom. The second kappa shape index (κ2) is 8.82. The molecule has 0 aliphatic carbocycles. The predicted octanol–water partition coefficient (Wildman–Crippen LogP) is 5.98. The first-order valence-corrected chi connectivity index (χ1v) is 12.1. The number of fused-ring (bicyclic) bond motifs is 1. The molecule has 4 aromatic rings. The lowest BCUT2D eigenvalue weighted by Crippen LogP contribution is -2.45. The number of likely N-dealkylation sites (tertiary alicyclic amines) is 1. The van der Waals surface area contributed by atoms with Crippen LogP contribution < -0.4 is 5.73 Å². The molecule has 2 N–H and O–H groups in total. The molecule has 5 heteroatoms. The number of amides is 1. The normalized spacial score (nSPS) is 16.0. The molecule has 5 rings (SSSR count). The Hall–Kier alpha value is -3.46. The summed E-state index contributed by atoms with van der Waals surface area (Å²) in [5.74, 6) is 0.0604. The fourth-order valence-corrected chi connectivity index (χ4v) is 5.49. The molecule has 0 saturated carbocycles. The van der Waals surface area contributed by atoms with Crippen molar-refractivity contribution in [3.8, 4) is 28.3 Å². The van der Waals surface area contributed by atoms with Crippen molar-refractivity contribution >= 4 is 27.3 Å². The third kappa shape index (κ3) is 4.16. The first-order valence-electron chi connectivity index (χ1n) is 11.2. The number of hydrogen-bond donors (Lipinski definition) is 1. The van der Waals surface area contributed by atoms with Crippen LogP contribution in [0.5, 0.6) is 0 Å². The van der Waals surface area contributed by atoms with Crippen LogP contribution in [0.4, 0.5) is 0 Å². The summed E-state index contributed by atoms with van der Waals surface area (Å²) in [5, 5.41) is 12.2. The van der Waals surface area contributed by atoms with Crippen LogP contribution in [0, 0.1) is 18.3 Å². The Kier molecular flexibility index (Phi) is 5.72. The highest BCUT2D eigenvalue weighted by atomic mass is 32.1. The van der Waals surface area contributed by atoms with Crippen LogP contribution in [0.15, 0.2) is 66.0 Å². The van der Waals surface area contributed by atoms with Crippen LogP contribution in [0.1, 0.15) is 34.3 Å². The average Bonchev–Trinajstić information content (AvgIpc) is 3.26. The molecule has 33 heavy (non-hydrogen) atoms. The van der Waals surface area contributed by atoms with Crippen molar-refractivity contribution in [3.05, 3.63) is 82.7 Å². The van der Waals surface area contributed by atoms with Gasteiger partial charge in [0.2, 0.25) is 0 Å². The Bertz CT molecular complexity index is 1360. The number of thiophene rings is 1. The molecular weight excluding hydrogens is 426 g/mol. The number of carbonyl (C=O) groups is 1. The topological polar surface area (TPSA) is 70.1 Å². The van der Waals surface area contributed by atoms with E-state index in [1.165, 1.54) is 5.56 Å². The summed E-state index contributed by atoms with van der Waals surface area (Å²) < 4.78 is 1.09. The Labute approximate surface area is 197 Å². The highest BCUT2D eigenvalue weighted by molar-refractivity contribution is 7.17. The van der Waals surface area contributed by atoms with Crippen LogP contribution in [-0.2, 0) is 0 Å². The summed E-state index contributed by atoms with van der Waals surface area (Å²) in [4.78, 5) is 15.3. The Morgan fingerprint density at radius 3 is 2.39 bits per heavy atom. The largest absolute Gasteiger partial charge is 0.337 e. The lowest BCUT2D eigenvalue weighted by molar-refractivity contribution is 0.0711. The molecule has 0 unspecified atom stereocenters. The number of benzene rings is 3. The SMILES string of the molecule is Cc1ccc(-c2cc3scc(C(=O)N4CCC[C@H](N)C4)c3cc2-c2ccc(C#N)cc2)cc1. The minimum absolute atomic E-state index is 0.0509. The molecule has 1 amide bonds. The molecule has 164 valence electrons. The quantitative estimate of drug-likeness (QED) is 0.417. The fourth-order valence-electron chi connectivity index (χ4n) is 4.54. The zero-order valence-electron chi connectivity index (χ0n) is 18.5. The van der Waals surface area contributed by atoms with Gasteiger partial charge in [-0.3, -0.25) is 4.79 Å². The van der Waals surface area contributed by atoms with E-state index in [4.69, 9.17) is 5.73 Å². The number of nitrogens with zero attached hydrogens (tertiary/aromatic N) is 2. The molecule has 1 atom stereocenters. The highest BCUT2D eigenvalue weighted by Gasteiger charge is 2.25. The van der Waals surface area contributed by atoms with Gasteiger partial charge in [-0.05, 0) is 66.3 Å². The summed E-state index contributed by atoms with van der Waals surface area (Å²) in [6, 6.07) is 22.7. The molecule has 1 aliphatic rings. The lowest BCUT2D eigenvalue weighted by Gasteiger charge is -2.30. The van der Waals surface area contributed by atoms with Crippen LogP contribution in [0.3, 0.4) is 0 Å². The summed E-state index contributed by atoms with van der Waals surface area (Å²) in [7, 11) is 0. The van der Waals surface area contributed by atoms with Crippen molar-refractivity contribution in [3.63, 3.8) is 0 Å². The second-order valence-electron chi connectivity index (χ2n) is 8.75. The summed E-state index contributed by atoms with van der Waals surface area (Å²) in [6.45, 7) is 3.45. The molecule has 0 bridgehead atoms. The predicted molar refractivity (Wildman–Crippen MR) is 135 cm³/mol. The summed E-state index contributed by atoms with van der Waals surface area (Å²) in [5.41, 5.74) is 13.0. The third-order valence-corrected chi connectivity index (χ3v) is 7.32.